The Morgan fingerprint density at radius 2 is 1.76 bits per heavy atom. The number of piperidine rings is 1. The van der Waals surface area contributed by atoms with Gasteiger partial charge in [-0.2, -0.15) is 0 Å². The Labute approximate surface area is 226 Å². The molecular weight excluding hydrogens is 686 g/mol. The van der Waals surface area contributed by atoms with Crippen LogP contribution in [0.2, 0.25) is 3.93 Å². The number of rotatable bonds is 5. The van der Waals surface area contributed by atoms with Gasteiger partial charge in [0.15, 0.2) is 0 Å². The van der Waals surface area contributed by atoms with Crippen LogP contribution in [0, 0.1) is 0 Å². The van der Waals surface area contributed by atoms with Crippen molar-refractivity contribution in [2.75, 3.05) is 6.54 Å². The topological polar surface area (TPSA) is 94.6 Å². The minimum atomic E-state index is -5.06. The predicted octanol–water partition coefficient (Wildman–Crippen LogP) is 4.66. The van der Waals surface area contributed by atoms with E-state index in [2.05, 4.69) is 2.64 Å². The Kier molecular flexibility index (Phi) is 9.03. The first kappa shape index (κ1) is 29.5. The van der Waals surface area contributed by atoms with E-state index >= 15 is 0 Å². The first-order valence-electron chi connectivity index (χ1n) is 12.0. The summed E-state index contributed by atoms with van der Waals surface area (Å²) in [6, 6.07) is 7.91. The van der Waals surface area contributed by atoms with Gasteiger partial charge in [0.05, 0.1) is 0 Å². The Bertz CT molecular complexity index is 985. The fourth-order valence-electron chi connectivity index (χ4n) is 4.56. The van der Waals surface area contributed by atoms with Gasteiger partial charge in [-0.25, -0.2) is 0 Å². The fraction of sp³-hybridized carbons (Fsp3) is 0.625. The molecule has 0 aromatic heterocycles. The van der Waals surface area contributed by atoms with Gasteiger partial charge in [0.1, 0.15) is 0 Å². The van der Waals surface area contributed by atoms with Gasteiger partial charge in [0.25, 0.3) is 0 Å². The summed E-state index contributed by atoms with van der Waals surface area (Å²) in [4.78, 5) is 40.3. The standard InChI is InChI=1S/C22H31N2O5.C2HF3O2.Hg/c1-15-12-18-17(24(22(5,6)28-18)20(26)29-21(2,3)4)13-23(15)19(25)27-14-16-10-8-7-9-11-16;3-2(4,5)1(6)7;/h7-11,15,17-18H,1,12-14H2,2-6H3;(H,6,7);/q;;+1/p-1/t15-,17+,18-;;/m1../s1. The molecule has 2 heterocycles. The van der Waals surface area contributed by atoms with E-state index in [1.165, 1.54) is 9.80 Å². The molecule has 0 saturated carbocycles. The summed E-state index contributed by atoms with van der Waals surface area (Å²) in [6.45, 7) is 8.69. The van der Waals surface area contributed by atoms with Crippen LogP contribution in [-0.4, -0.2) is 70.2 Å². The molecule has 1 aromatic carbocycles. The number of benzene rings is 1. The van der Waals surface area contributed by atoms with E-state index in [0.717, 1.165) is 5.56 Å². The van der Waals surface area contributed by atoms with Gasteiger partial charge in [-0.15, -0.1) is 0 Å². The van der Waals surface area contributed by atoms with Crippen LogP contribution >= 0.6 is 0 Å². The molecule has 3 atom stereocenters. The normalized spacial score (nSPS) is 23.1. The molecule has 13 heteroatoms. The summed E-state index contributed by atoms with van der Waals surface area (Å²) in [6.07, 6.45) is -6.56. The SMILES string of the molecule is CC(C)(C)OC(=O)N1[C@H]2CN(C(=O)OCc3ccccc3)[C@H]([CH2][Hg][O]C(=O)C(F)(F)F)C[C@H]2OC1(C)C. The minimum absolute atomic E-state index is 0.00209. The van der Waals surface area contributed by atoms with E-state index in [4.69, 9.17) is 14.2 Å². The quantitative estimate of drug-likeness (QED) is 0.410. The number of carbonyl (C=O) groups is 3. The second kappa shape index (κ2) is 11.3. The van der Waals surface area contributed by atoms with Crippen molar-refractivity contribution in [3.05, 3.63) is 35.9 Å². The summed E-state index contributed by atoms with van der Waals surface area (Å²) in [5.41, 5.74) is -1.03. The molecule has 0 bridgehead atoms. The van der Waals surface area contributed by atoms with Crippen molar-refractivity contribution >= 4 is 18.2 Å². The van der Waals surface area contributed by atoms with Crippen molar-refractivity contribution < 1.29 is 69.4 Å². The van der Waals surface area contributed by atoms with Crippen molar-refractivity contribution in [1.82, 2.24) is 9.80 Å². The summed E-state index contributed by atoms with van der Waals surface area (Å²) in [5.74, 6) is -2.20. The number of hydrogen-bond donors (Lipinski definition) is 0. The molecule has 3 rings (SSSR count). The van der Waals surface area contributed by atoms with Gasteiger partial charge in [-0.05, 0) is 0 Å². The first-order chi connectivity index (χ1) is 17.1. The fourth-order valence-corrected chi connectivity index (χ4v) is 9.56. The summed E-state index contributed by atoms with van der Waals surface area (Å²) < 4.78 is 59.7. The maximum absolute atomic E-state index is 13.2. The van der Waals surface area contributed by atoms with E-state index in [1.807, 2.05) is 6.07 Å². The average molecular weight is 717 g/mol. The van der Waals surface area contributed by atoms with Gasteiger partial charge in [-0.3, -0.25) is 0 Å². The van der Waals surface area contributed by atoms with Gasteiger partial charge in [0.2, 0.25) is 0 Å². The number of ether oxygens (including phenoxy) is 3. The van der Waals surface area contributed by atoms with E-state index in [1.54, 1.807) is 58.9 Å². The number of likely N-dealkylation sites (tertiary alicyclic amines) is 1. The monoisotopic (exact) mass is 718 g/mol. The molecule has 1 aromatic rings. The second-order valence-corrected chi connectivity index (χ2v) is 15.5. The maximum atomic E-state index is 13.2. The molecule has 0 unspecified atom stereocenters. The van der Waals surface area contributed by atoms with E-state index in [9.17, 15) is 27.6 Å². The van der Waals surface area contributed by atoms with Crippen LogP contribution in [0.3, 0.4) is 0 Å². The Hall–Kier alpha value is -2.08. The average Bonchev–Trinajstić information content (AvgIpc) is 3.04. The summed E-state index contributed by atoms with van der Waals surface area (Å²) in [5, 5.41) is 0. The second-order valence-electron chi connectivity index (χ2n) is 10.5. The van der Waals surface area contributed by atoms with E-state index < -0.39 is 78.9 Å². The third kappa shape index (κ3) is 7.72. The number of amides is 2. The van der Waals surface area contributed by atoms with Crippen LogP contribution in [0.5, 0.6) is 0 Å². The zero-order chi connectivity index (χ0) is 27.6. The molecule has 2 amide bonds. The number of hydrogen-bond acceptors (Lipinski definition) is 7. The van der Waals surface area contributed by atoms with Crippen molar-refractivity contribution in [2.45, 2.75) is 87.3 Å². The van der Waals surface area contributed by atoms with Gasteiger partial charge >= 0.3 is 227 Å². The number of alkyl halides is 3. The van der Waals surface area contributed by atoms with E-state index in [-0.39, 0.29) is 23.5 Å². The van der Waals surface area contributed by atoms with Gasteiger partial charge in [-0.1, -0.05) is 0 Å². The number of fused-ring (bicyclic) bond motifs is 1. The van der Waals surface area contributed by atoms with E-state index in [0.29, 0.717) is 0 Å². The van der Waals surface area contributed by atoms with Gasteiger partial charge < -0.3 is 0 Å². The Balaban J connectivity index is 1.78. The predicted molar refractivity (Wildman–Crippen MR) is 120 cm³/mol. The van der Waals surface area contributed by atoms with Crippen LogP contribution in [-0.2, 0) is 53.3 Å². The molecule has 0 spiro atoms. The number of nitrogens with zero attached hydrogens (tertiary/aromatic N) is 2. The Morgan fingerprint density at radius 1 is 1.11 bits per heavy atom. The van der Waals surface area contributed by atoms with Gasteiger partial charge in [0, 0.05) is 0 Å². The molecule has 2 fully saturated rings. The number of carbonyl (C=O) groups excluding carboxylic acids is 3. The third-order valence-electron chi connectivity index (χ3n) is 6.06. The van der Waals surface area contributed by atoms with Crippen LogP contribution in [0.15, 0.2) is 30.3 Å². The molecule has 0 radical (unpaired) electrons. The molecule has 202 valence electrons. The molecular formula is C24H31F3HgN2O7. The molecule has 0 N–H and O–H groups in total. The third-order valence-corrected chi connectivity index (χ3v) is 11.4. The summed E-state index contributed by atoms with van der Waals surface area (Å²) >= 11 is -2.83. The van der Waals surface area contributed by atoms with Crippen LogP contribution in [0.4, 0.5) is 22.8 Å². The molecule has 0 aliphatic carbocycles. The zero-order valence-electron chi connectivity index (χ0n) is 21.5. The Morgan fingerprint density at radius 3 is 2.35 bits per heavy atom. The van der Waals surface area contributed by atoms with Crippen LogP contribution < -0.4 is 0 Å². The van der Waals surface area contributed by atoms with Crippen molar-refractivity contribution in [3.8, 4) is 0 Å². The molecule has 9 nitrogen and oxygen atoms in total. The summed E-state index contributed by atoms with van der Waals surface area (Å²) in [7, 11) is 0. The van der Waals surface area contributed by atoms with Crippen LogP contribution in [0.25, 0.3) is 0 Å². The van der Waals surface area contributed by atoms with Crippen molar-refractivity contribution in [3.63, 3.8) is 0 Å². The molecule has 2 aliphatic rings. The molecule has 37 heavy (non-hydrogen) atoms. The molecule has 2 aliphatic heterocycles. The number of halogens is 3. The van der Waals surface area contributed by atoms with Crippen molar-refractivity contribution in [1.29, 1.82) is 0 Å². The molecule has 2 saturated heterocycles. The first-order valence-corrected chi connectivity index (χ1v) is 18.1. The zero-order valence-corrected chi connectivity index (χ0v) is 27.0. The van der Waals surface area contributed by atoms with Crippen LogP contribution in [0.1, 0.15) is 46.6 Å². The van der Waals surface area contributed by atoms with Crippen molar-refractivity contribution in [2.24, 2.45) is 0 Å².